The van der Waals surface area contributed by atoms with Crippen molar-refractivity contribution in [2.75, 3.05) is 31.1 Å². The number of rotatable bonds is 4. The fourth-order valence-corrected chi connectivity index (χ4v) is 3.58. The zero-order chi connectivity index (χ0) is 19.6. The maximum absolute atomic E-state index is 12.8. The number of hydrogen-bond acceptors (Lipinski definition) is 3. The molecule has 1 aliphatic heterocycles. The number of ether oxygens (including phenoxy) is 1. The zero-order valence-electron chi connectivity index (χ0n) is 15.8. The summed E-state index contributed by atoms with van der Waals surface area (Å²) in [5.41, 5.74) is 3.25. The quantitative estimate of drug-likeness (QED) is 0.735. The van der Waals surface area contributed by atoms with Crippen LogP contribution < -0.4 is 9.64 Å². The Labute approximate surface area is 170 Å². The summed E-state index contributed by atoms with van der Waals surface area (Å²) in [4.78, 5) is 16.9. The third-order valence-electron chi connectivity index (χ3n) is 4.89. The molecule has 4 nitrogen and oxygen atoms in total. The predicted octanol–water partition coefficient (Wildman–Crippen LogP) is 4.73. The van der Waals surface area contributed by atoms with Crippen molar-refractivity contribution in [2.24, 2.45) is 0 Å². The average Bonchev–Trinajstić information content (AvgIpc) is 2.66. The van der Waals surface area contributed by atoms with Gasteiger partial charge in [0, 0.05) is 41.9 Å². The number of amides is 1. The molecule has 1 saturated heterocycles. The van der Waals surface area contributed by atoms with E-state index in [1.807, 2.05) is 36.1 Å². The van der Waals surface area contributed by atoms with E-state index < -0.39 is 6.10 Å². The van der Waals surface area contributed by atoms with Gasteiger partial charge in [-0.05, 0) is 62.2 Å². The number of piperazine rings is 1. The molecule has 0 unspecified atom stereocenters. The fourth-order valence-electron chi connectivity index (χ4n) is 3.29. The molecule has 1 fully saturated rings. The van der Waals surface area contributed by atoms with E-state index in [1.54, 1.807) is 19.1 Å². The second-order valence-corrected chi connectivity index (χ2v) is 7.76. The number of aryl methyl sites for hydroxylation is 2. The van der Waals surface area contributed by atoms with Gasteiger partial charge in [0.05, 0.1) is 0 Å². The fraction of sp³-hybridized carbons (Fsp3) is 0.381. The summed E-state index contributed by atoms with van der Waals surface area (Å²) in [7, 11) is 0. The minimum Gasteiger partial charge on any atom is -0.481 e. The minimum absolute atomic E-state index is 0.00469. The van der Waals surface area contributed by atoms with Gasteiger partial charge in [0.1, 0.15) is 5.75 Å². The van der Waals surface area contributed by atoms with Crippen molar-refractivity contribution in [1.29, 1.82) is 0 Å². The van der Waals surface area contributed by atoms with Crippen LogP contribution in [-0.4, -0.2) is 43.1 Å². The molecule has 0 N–H and O–H groups in total. The van der Waals surface area contributed by atoms with Crippen LogP contribution in [0.3, 0.4) is 0 Å². The van der Waals surface area contributed by atoms with E-state index in [4.69, 9.17) is 27.9 Å². The summed E-state index contributed by atoms with van der Waals surface area (Å²) in [6.07, 6.45) is -0.537. The highest BCUT2D eigenvalue weighted by Gasteiger charge is 2.26. The molecule has 2 aromatic rings. The van der Waals surface area contributed by atoms with E-state index in [0.29, 0.717) is 23.9 Å². The molecular formula is C21H24Cl2N2O2. The van der Waals surface area contributed by atoms with Crippen LogP contribution in [0.1, 0.15) is 18.1 Å². The van der Waals surface area contributed by atoms with Gasteiger partial charge in [0.15, 0.2) is 6.10 Å². The van der Waals surface area contributed by atoms with Gasteiger partial charge in [-0.15, -0.1) is 0 Å². The molecule has 0 spiro atoms. The van der Waals surface area contributed by atoms with Crippen molar-refractivity contribution < 1.29 is 9.53 Å². The lowest BCUT2D eigenvalue weighted by atomic mass is 10.1. The van der Waals surface area contributed by atoms with Crippen LogP contribution in [0.2, 0.25) is 10.0 Å². The molecule has 144 valence electrons. The molecule has 0 aliphatic carbocycles. The second-order valence-electron chi connectivity index (χ2n) is 6.91. The highest BCUT2D eigenvalue weighted by Crippen LogP contribution is 2.26. The first-order valence-corrected chi connectivity index (χ1v) is 9.83. The number of benzene rings is 2. The summed E-state index contributed by atoms with van der Waals surface area (Å²) < 4.78 is 5.83. The first kappa shape index (κ1) is 19.8. The Morgan fingerprint density at radius 3 is 2.37 bits per heavy atom. The van der Waals surface area contributed by atoms with Crippen molar-refractivity contribution >= 4 is 34.8 Å². The number of carbonyl (C=O) groups is 1. The van der Waals surface area contributed by atoms with Gasteiger partial charge in [0.2, 0.25) is 0 Å². The van der Waals surface area contributed by atoms with Crippen LogP contribution in [0.4, 0.5) is 5.69 Å². The Kier molecular flexibility index (Phi) is 6.18. The number of anilines is 1. The lowest BCUT2D eigenvalue weighted by Crippen LogP contribution is -2.52. The van der Waals surface area contributed by atoms with E-state index >= 15 is 0 Å². The topological polar surface area (TPSA) is 32.8 Å². The lowest BCUT2D eigenvalue weighted by molar-refractivity contribution is -0.138. The highest BCUT2D eigenvalue weighted by atomic mass is 35.5. The SMILES string of the molecule is Cc1cc(O[C@@H](C)C(=O)N2CCN(c3cc(Cl)ccc3C)CC2)ccc1Cl. The number of halogens is 2. The number of nitrogens with zero attached hydrogens (tertiary/aromatic N) is 2. The van der Waals surface area contributed by atoms with Gasteiger partial charge < -0.3 is 14.5 Å². The van der Waals surface area contributed by atoms with Crippen molar-refractivity contribution in [1.82, 2.24) is 4.90 Å². The molecule has 0 saturated carbocycles. The molecule has 1 aliphatic rings. The van der Waals surface area contributed by atoms with Crippen molar-refractivity contribution in [2.45, 2.75) is 26.9 Å². The van der Waals surface area contributed by atoms with Gasteiger partial charge in [-0.25, -0.2) is 0 Å². The minimum atomic E-state index is -0.537. The van der Waals surface area contributed by atoms with Crippen LogP contribution in [0.15, 0.2) is 36.4 Å². The van der Waals surface area contributed by atoms with Crippen LogP contribution in [0.5, 0.6) is 5.75 Å². The third-order valence-corrected chi connectivity index (χ3v) is 5.55. The monoisotopic (exact) mass is 406 g/mol. The summed E-state index contributed by atoms with van der Waals surface area (Å²) in [5, 5.41) is 1.42. The second kappa shape index (κ2) is 8.41. The highest BCUT2D eigenvalue weighted by molar-refractivity contribution is 6.31. The summed E-state index contributed by atoms with van der Waals surface area (Å²) >= 11 is 12.2. The first-order chi connectivity index (χ1) is 12.8. The molecule has 0 radical (unpaired) electrons. The van der Waals surface area contributed by atoms with Gasteiger partial charge in [-0.1, -0.05) is 29.3 Å². The molecule has 1 amide bonds. The smallest absolute Gasteiger partial charge is 0.263 e. The molecule has 2 aromatic carbocycles. The van der Waals surface area contributed by atoms with Crippen molar-refractivity contribution in [3.05, 3.63) is 57.6 Å². The first-order valence-electron chi connectivity index (χ1n) is 9.08. The van der Waals surface area contributed by atoms with E-state index in [0.717, 1.165) is 29.4 Å². The number of hydrogen-bond donors (Lipinski definition) is 0. The average molecular weight is 407 g/mol. The molecule has 6 heteroatoms. The van der Waals surface area contributed by atoms with Crippen molar-refractivity contribution in [3.8, 4) is 5.75 Å². The summed E-state index contributed by atoms with van der Waals surface area (Å²) in [6.45, 7) is 8.67. The molecule has 1 atom stereocenters. The van der Waals surface area contributed by atoms with E-state index in [2.05, 4.69) is 11.8 Å². The van der Waals surface area contributed by atoms with Gasteiger partial charge in [-0.3, -0.25) is 4.79 Å². The third kappa shape index (κ3) is 4.69. The van der Waals surface area contributed by atoms with Crippen LogP contribution in [0, 0.1) is 13.8 Å². The van der Waals surface area contributed by atoms with Gasteiger partial charge >= 0.3 is 0 Å². The van der Waals surface area contributed by atoms with E-state index in [9.17, 15) is 4.79 Å². The number of carbonyl (C=O) groups excluding carboxylic acids is 1. The van der Waals surface area contributed by atoms with Gasteiger partial charge in [0.25, 0.3) is 5.91 Å². The molecule has 0 bridgehead atoms. The maximum Gasteiger partial charge on any atom is 0.263 e. The predicted molar refractivity (Wildman–Crippen MR) is 111 cm³/mol. The summed E-state index contributed by atoms with van der Waals surface area (Å²) in [6, 6.07) is 11.3. The van der Waals surface area contributed by atoms with Gasteiger partial charge in [-0.2, -0.15) is 0 Å². The largest absolute Gasteiger partial charge is 0.481 e. The van der Waals surface area contributed by atoms with E-state index in [1.165, 1.54) is 5.56 Å². The van der Waals surface area contributed by atoms with E-state index in [-0.39, 0.29) is 5.91 Å². The van der Waals surface area contributed by atoms with Crippen LogP contribution in [-0.2, 0) is 4.79 Å². The Hall–Kier alpha value is -1.91. The zero-order valence-corrected chi connectivity index (χ0v) is 17.3. The standard InChI is InChI=1S/C21H24Cl2N2O2/c1-14-4-5-17(22)13-20(14)24-8-10-25(11-9-24)21(26)16(3)27-18-6-7-19(23)15(2)12-18/h4-7,12-13,16H,8-11H2,1-3H3/t16-/m0/s1. The molecule has 1 heterocycles. The molecule has 0 aromatic heterocycles. The molecule has 3 rings (SSSR count). The van der Waals surface area contributed by atoms with Crippen molar-refractivity contribution in [3.63, 3.8) is 0 Å². The Morgan fingerprint density at radius 1 is 1.00 bits per heavy atom. The van der Waals surface area contributed by atoms with Crippen LogP contribution in [0.25, 0.3) is 0 Å². The Bertz CT molecular complexity index is 833. The molecular weight excluding hydrogens is 383 g/mol. The lowest BCUT2D eigenvalue weighted by Gasteiger charge is -2.37. The maximum atomic E-state index is 12.8. The Balaban J connectivity index is 1.59. The Morgan fingerprint density at radius 2 is 1.70 bits per heavy atom. The molecule has 27 heavy (non-hydrogen) atoms. The van der Waals surface area contributed by atoms with Crippen LogP contribution >= 0.6 is 23.2 Å². The normalized spacial score (nSPS) is 15.6. The summed E-state index contributed by atoms with van der Waals surface area (Å²) in [5.74, 6) is 0.663.